The van der Waals surface area contributed by atoms with Gasteiger partial charge in [0.15, 0.2) is 0 Å². The Morgan fingerprint density at radius 3 is 2.92 bits per heavy atom. The van der Waals surface area contributed by atoms with Crippen molar-refractivity contribution < 1.29 is 0 Å². The van der Waals surface area contributed by atoms with Crippen LogP contribution in [0.3, 0.4) is 0 Å². The zero-order chi connectivity index (χ0) is 9.26. The van der Waals surface area contributed by atoms with E-state index in [0.717, 1.165) is 19.0 Å². The second-order valence-electron chi connectivity index (χ2n) is 4.08. The zero-order valence-electron chi connectivity index (χ0n) is 8.40. The fraction of sp³-hybridized carbons (Fsp3) is 0.700. The molecule has 3 heteroatoms. The van der Waals surface area contributed by atoms with Crippen molar-refractivity contribution in [2.75, 3.05) is 20.6 Å². The fourth-order valence-corrected chi connectivity index (χ4v) is 1.40. The number of hydrogen-bond acceptors (Lipinski definition) is 2. The smallest absolute Gasteiger partial charge is 0.0655 e. The molecule has 0 aliphatic heterocycles. The molecule has 0 amide bonds. The molecule has 1 aliphatic rings. The van der Waals surface area contributed by atoms with E-state index in [0.29, 0.717) is 0 Å². The summed E-state index contributed by atoms with van der Waals surface area (Å²) in [4.78, 5) is 2.18. The minimum absolute atomic E-state index is 0.778. The Bertz CT molecular complexity index is 273. The molecule has 0 bridgehead atoms. The van der Waals surface area contributed by atoms with E-state index >= 15 is 0 Å². The lowest BCUT2D eigenvalue weighted by Gasteiger charge is -2.08. The molecule has 1 aromatic heterocycles. The highest BCUT2D eigenvalue weighted by molar-refractivity contribution is 5.12. The third kappa shape index (κ3) is 2.31. The van der Waals surface area contributed by atoms with Gasteiger partial charge >= 0.3 is 0 Å². The Kier molecular flexibility index (Phi) is 2.36. The van der Waals surface area contributed by atoms with E-state index in [1.54, 1.807) is 0 Å². The highest BCUT2D eigenvalue weighted by atomic mass is 15.3. The van der Waals surface area contributed by atoms with Crippen molar-refractivity contribution in [3.05, 3.63) is 18.0 Å². The molecular weight excluding hydrogens is 162 g/mol. The maximum Gasteiger partial charge on any atom is 0.0655 e. The van der Waals surface area contributed by atoms with E-state index in [1.807, 2.05) is 4.68 Å². The average Bonchev–Trinajstić information content (AvgIpc) is 2.83. The molecule has 0 unspecified atom stereocenters. The quantitative estimate of drug-likeness (QED) is 0.695. The first-order chi connectivity index (χ1) is 6.25. The first kappa shape index (κ1) is 8.75. The van der Waals surface area contributed by atoms with E-state index in [9.17, 15) is 0 Å². The standard InChI is InChI=1S/C10H17N3/c1-12(2)7-8-13-6-5-10(11-13)9-3-4-9/h5-6,9H,3-4,7-8H2,1-2H3. The van der Waals surface area contributed by atoms with Crippen LogP contribution in [0.25, 0.3) is 0 Å². The molecule has 0 atom stereocenters. The third-order valence-electron chi connectivity index (χ3n) is 2.43. The van der Waals surface area contributed by atoms with Gasteiger partial charge < -0.3 is 4.90 Å². The van der Waals surface area contributed by atoms with Crippen molar-refractivity contribution >= 4 is 0 Å². The Hall–Kier alpha value is -0.830. The number of nitrogens with zero attached hydrogens (tertiary/aromatic N) is 3. The van der Waals surface area contributed by atoms with Gasteiger partial charge in [-0.05, 0) is 33.0 Å². The van der Waals surface area contributed by atoms with Gasteiger partial charge in [-0.2, -0.15) is 5.10 Å². The molecule has 72 valence electrons. The van der Waals surface area contributed by atoms with Crippen molar-refractivity contribution in [2.45, 2.75) is 25.3 Å². The predicted octanol–water partition coefficient (Wildman–Crippen LogP) is 1.32. The molecule has 1 fully saturated rings. The number of rotatable bonds is 4. The van der Waals surface area contributed by atoms with E-state index in [-0.39, 0.29) is 0 Å². The van der Waals surface area contributed by atoms with Crippen molar-refractivity contribution in [3.8, 4) is 0 Å². The molecule has 0 spiro atoms. The summed E-state index contributed by atoms with van der Waals surface area (Å²) in [6, 6.07) is 2.16. The first-order valence-electron chi connectivity index (χ1n) is 4.94. The zero-order valence-corrected chi connectivity index (χ0v) is 8.40. The van der Waals surface area contributed by atoms with Gasteiger partial charge in [0.25, 0.3) is 0 Å². The summed E-state index contributed by atoms with van der Waals surface area (Å²) in [6.45, 7) is 2.06. The minimum atomic E-state index is 0.778. The molecule has 13 heavy (non-hydrogen) atoms. The molecule has 0 radical (unpaired) electrons. The molecule has 1 aliphatic carbocycles. The van der Waals surface area contributed by atoms with Crippen molar-refractivity contribution in [1.29, 1.82) is 0 Å². The SMILES string of the molecule is CN(C)CCn1ccc(C2CC2)n1. The number of aromatic nitrogens is 2. The topological polar surface area (TPSA) is 21.1 Å². The van der Waals surface area contributed by atoms with Crippen LogP contribution in [-0.2, 0) is 6.54 Å². The normalized spacial score (nSPS) is 16.8. The summed E-state index contributed by atoms with van der Waals surface area (Å²) in [5, 5.41) is 4.53. The van der Waals surface area contributed by atoms with E-state index < -0.39 is 0 Å². The Labute approximate surface area is 79.3 Å². The number of likely N-dealkylation sites (N-methyl/N-ethyl adjacent to an activating group) is 1. The highest BCUT2D eigenvalue weighted by Gasteiger charge is 2.25. The van der Waals surface area contributed by atoms with Crippen molar-refractivity contribution in [1.82, 2.24) is 14.7 Å². The molecule has 0 N–H and O–H groups in total. The largest absolute Gasteiger partial charge is 0.308 e. The summed E-state index contributed by atoms with van der Waals surface area (Å²) in [5.74, 6) is 0.778. The second-order valence-corrected chi connectivity index (χ2v) is 4.08. The highest BCUT2D eigenvalue weighted by Crippen LogP contribution is 2.38. The summed E-state index contributed by atoms with van der Waals surface area (Å²) in [5.41, 5.74) is 1.29. The van der Waals surface area contributed by atoms with Crippen LogP contribution in [0, 0.1) is 0 Å². The molecule has 1 aromatic rings. The van der Waals surface area contributed by atoms with Gasteiger partial charge in [0.2, 0.25) is 0 Å². The molecule has 3 nitrogen and oxygen atoms in total. The molecule has 2 rings (SSSR count). The molecule has 1 saturated carbocycles. The molecule has 0 aromatic carbocycles. The van der Waals surface area contributed by atoms with Gasteiger partial charge in [0, 0.05) is 18.7 Å². The lowest BCUT2D eigenvalue weighted by Crippen LogP contribution is -2.18. The van der Waals surface area contributed by atoms with Crippen LogP contribution < -0.4 is 0 Å². The van der Waals surface area contributed by atoms with Gasteiger partial charge in [-0.3, -0.25) is 4.68 Å². The van der Waals surface area contributed by atoms with E-state index in [1.165, 1.54) is 18.5 Å². The minimum Gasteiger partial charge on any atom is -0.308 e. The van der Waals surface area contributed by atoms with Gasteiger partial charge in [-0.25, -0.2) is 0 Å². The lowest BCUT2D eigenvalue weighted by molar-refractivity contribution is 0.372. The Morgan fingerprint density at radius 2 is 2.31 bits per heavy atom. The second kappa shape index (κ2) is 3.50. The fourth-order valence-electron chi connectivity index (χ4n) is 1.40. The summed E-state index contributed by atoms with van der Waals surface area (Å²) in [7, 11) is 4.18. The first-order valence-corrected chi connectivity index (χ1v) is 4.94. The van der Waals surface area contributed by atoms with Crippen LogP contribution >= 0.6 is 0 Å². The van der Waals surface area contributed by atoms with Crippen LogP contribution in [0.15, 0.2) is 12.3 Å². The lowest BCUT2D eigenvalue weighted by atomic mass is 10.3. The summed E-state index contributed by atoms with van der Waals surface area (Å²) < 4.78 is 2.05. The van der Waals surface area contributed by atoms with Crippen LogP contribution in [0.1, 0.15) is 24.5 Å². The number of hydrogen-bond donors (Lipinski definition) is 0. The van der Waals surface area contributed by atoms with E-state index in [4.69, 9.17) is 0 Å². The van der Waals surface area contributed by atoms with Gasteiger partial charge in [0.1, 0.15) is 0 Å². The molecule has 0 saturated heterocycles. The predicted molar refractivity (Wildman–Crippen MR) is 52.8 cm³/mol. The maximum atomic E-state index is 4.53. The van der Waals surface area contributed by atoms with Crippen LogP contribution in [-0.4, -0.2) is 35.3 Å². The summed E-state index contributed by atoms with van der Waals surface area (Å²) >= 11 is 0. The van der Waals surface area contributed by atoms with Gasteiger partial charge in [-0.1, -0.05) is 0 Å². The van der Waals surface area contributed by atoms with Crippen molar-refractivity contribution in [2.24, 2.45) is 0 Å². The molecular formula is C10H17N3. The van der Waals surface area contributed by atoms with Crippen LogP contribution in [0.5, 0.6) is 0 Å². The van der Waals surface area contributed by atoms with Gasteiger partial charge in [0.05, 0.1) is 12.2 Å². The molecule has 1 heterocycles. The maximum absolute atomic E-state index is 4.53. The Morgan fingerprint density at radius 1 is 1.54 bits per heavy atom. The van der Waals surface area contributed by atoms with Crippen molar-refractivity contribution in [3.63, 3.8) is 0 Å². The van der Waals surface area contributed by atoms with E-state index in [2.05, 4.69) is 36.4 Å². The monoisotopic (exact) mass is 179 g/mol. The van der Waals surface area contributed by atoms with Crippen LogP contribution in [0.2, 0.25) is 0 Å². The van der Waals surface area contributed by atoms with Gasteiger partial charge in [-0.15, -0.1) is 0 Å². The summed E-state index contributed by atoms with van der Waals surface area (Å²) in [6.07, 6.45) is 4.77. The Balaban J connectivity index is 1.89. The average molecular weight is 179 g/mol. The third-order valence-corrected chi connectivity index (χ3v) is 2.43. The van der Waals surface area contributed by atoms with Crippen LogP contribution in [0.4, 0.5) is 0 Å².